The Morgan fingerprint density at radius 1 is 1.11 bits per heavy atom. The van der Waals surface area contributed by atoms with Crippen molar-refractivity contribution >= 4 is 10.9 Å². The zero-order valence-electron chi connectivity index (χ0n) is 11.3. The van der Waals surface area contributed by atoms with E-state index in [-0.39, 0.29) is 0 Å². The maximum atomic E-state index is 3.61. The van der Waals surface area contributed by atoms with Crippen LogP contribution in [0.3, 0.4) is 0 Å². The molecule has 2 N–H and O–H groups in total. The van der Waals surface area contributed by atoms with E-state index in [1.54, 1.807) is 5.56 Å². The van der Waals surface area contributed by atoms with E-state index in [2.05, 4.69) is 39.5 Å². The first-order chi connectivity index (χ1) is 9.42. The lowest BCUT2D eigenvalue weighted by molar-refractivity contribution is 0.159. The van der Waals surface area contributed by atoms with Crippen molar-refractivity contribution in [3.05, 3.63) is 35.5 Å². The molecular weight excluding hydrogens is 234 g/mol. The first-order valence-electron chi connectivity index (χ1n) is 7.45. The molecule has 19 heavy (non-hydrogen) atoms. The number of rotatable bonds is 1. The molecule has 1 aliphatic heterocycles. The lowest BCUT2D eigenvalue weighted by atomic mass is 9.90. The summed E-state index contributed by atoms with van der Waals surface area (Å²) < 4.78 is 0. The highest BCUT2D eigenvalue weighted by Crippen LogP contribution is 2.30. The molecule has 2 aliphatic rings. The minimum atomic E-state index is 0.744. The first-order valence-corrected chi connectivity index (χ1v) is 7.45. The summed E-state index contributed by atoms with van der Waals surface area (Å²) in [6.45, 7) is 4.72. The summed E-state index contributed by atoms with van der Waals surface area (Å²) in [6.07, 6.45) is 3.73. The minimum Gasteiger partial charge on any atom is -0.358 e. The summed E-state index contributed by atoms with van der Waals surface area (Å²) in [7, 11) is 0. The number of fused-ring (bicyclic) bond motifs is 3. The predicted octanol–water partition coefficient (Wildman–Crippen LogP) is 1.93. The third kappa shape index (κ3) is 1.97. The van der Waals surface area contributed by atoms with Crippen molar-refractivity contribution in [3.8, 4) is 0 Å². The van der Waals surface area contributed by atoms with Gasteiger partial charge in [-0.1, -0.05) is 18.2 Å². The summed E-state index contributed by atoms with van der Waals surface area (Å²) in [5, 5.41) is 4.89. The van der Waals surface area contributed by atoms with Gasteiger partial charge in [0.1, 0.15) is 0 Å². The number of nitrogens with zero attached hydrogens (tertiary/aromatic N) is 1. The number of piperazine rings is 1. The lowest BCUT2D eigenvalue weighted by Gasteiger charge is -2.37. The number of H-pyrrole nitrogens is 1. The topological polar surface area (TPSA) is 31.1 Å². The van der Waals surface area contributed by atoms with Gasteiger partial charge in [0.05, 0.1) is 0 Å². The molecule has 0 spiro atoms. The molecule has 0 saturated carbocycles. The molecule has 4 rings (SSSR count). The Balaban J connectivity index is 1.65. The smallest absolute Gasteiger partial charge is 0.0458 e. The largest absolute Gasteiger partial charge is 0.358 e. The lowest BCUT2D eigenvalue weighted by Crippen LogP contribution is -2.50. The van der Waals surface area contributed by atoms with Crippen molar-refractivity contribution in [1.29, 1.82) is 0 Å². The van der Waals surface area contributed by atoms with Crippen LogP contribution in [0.1, 0.15) is 17.7 Å². The SMILES string of the molecule is c1ccc2c3c([nH]c2c1)CCC(N1CCNCC1)C3. The van der Waals surface area contributed by atoms with Gasteiger partial charge in [-0.15, -0.1) is 0 Å². The van der Waals surface area contributed by atoms with Crippen LogP contribution in [0.15, 0.2) is 24.3 Å². The van der Waals surface area contributed by atoms with Gasteiger partial charge in [0, 0.05) is 48.8 Å². The molecular formula is C16H21N3. The Labute approximate surface area is 114 Å². The van der Waals surface area contributed by atoms with Crippen molar-refractivity contribution in [2.45, 2.75) is 25.3 Å². The van der Waals surface area contributed by atoms with Crippen LogP contribution in [0, 0.1) is 0 Å². The summed E-state index contributed by atoms with van der Waals surface area (Å²) >= 11 is 0. The monoisotopic (exact) mass is 255 g/mol. The van der Waals surface area contributed by atoms with Gasteiger partial charge < -0.3 is 10.3 Å². The molecule has 1 saturated heterocycles. The number of nitrogens with one attached hydrogen (secondary N) is 2. The molecule has 3 heteroatoms. The van der Waals surface area contributed by atoms with E-state index in [1.165, 1.54) is 48.9 Å². The van der Waals surface area contributed by atoms with Crippen LogP contribution >= 0.6 is 0 Å². The van der Waals surface area contributed by atoms with E-state index in [0.717, 1.165) is 19.1 Å². The molecule has 100 valence electrons. The molecule has 2 aromatic rings. The van der Waals surface area contributed by atoms with E-state index in [9.17, 15) is 0 Å². The third-order valence-corrected chi connectivity index (χ3v) is 4.74. The summed E-state index contributed by atoms with van der Waals surface area (Å²) in [5.41, 5.74) is 4.37. The number of aromatic amines is 1. The Hall–Kier alpha value is -1.32. The first kappa shape index (κ1) is 11.5. The van der Waals surface area contributed by atoms with E-state index < -0.39 is 0 Å². The summed E-state index contributed by atoms with van der Waals surface area (Å²) in [6, 6.07) is 9.50. The molecule has 2 heterocycles. The van der Waals surface area contributed by atoms with Gasteiger partial charge in [0.25, 0.3) is 0 Å². The van der Waals surface area contributed by atoms with Crippen LogP contribution in [-0.4, -0.2) is 42.1 Å². The number of aryl methyl sites for hydroxylation is 1. The van der Waals surface area contributed by atoms with E-state index in [1.807, 2.05) is 0 Å². The average molecular weight is 255 g/mol. The Kier molecular flexibility index (Phi) is 2.82. The van der Waals surface area contributed by atoms with Crippen molar-refractivity contribution in [1.82, 2.24) is 15.2 Å². The van der Waals surface area contributed by atoms with Crippen molar-refractivity contribution in [3.63, 3.8) is 0 Å². The fraction of sp³-hybridized carbons (Fsp3) is 0.500. The van der Waals surface area contributed by atoms with Crippen LogP contribution in [0.25, 0.3) is 10.9 Å². The highest BCUT2D eigenvalue weighted by Gasteiger charge is 2.27. The molecule has 3 nitrogen and oxygen atoms in total. The maximum absolute atomic E-state index is 3.61. The van der Waals surface area contributed by atoms with Crippen LogP contribution < -0.4 is 5.32 Å². The standard InChI is InChI=1S/C16H21N3/c1-2-4-15-13(3-1)14-11-12(5-6-16(14)18-15)19-9-7-17-8-10-19/h1-4,12,17-18H,5-11H2. The van der Waals surface area contributed by atoms with Crippen LogP contribution in [-0.2, 0) is 12.8 Å². The number of aromatic nitrogens is 1. The second-order valence-electron chi connectivity index (χ2n) is 5.81. The van der Waals surface area contributed by atoms with Gasteiger partial charge in [-0.25, -0.2) is 0 Å². The maximum Gasteiger partial charge on any atom is 0.0458 e. The number of hydrogen-bond donors (Lipinski definition) is 2. The molecule has 1 aromatic heterocycles. The van der Waals surface area contributed by atoms with Gasteiger partial charge >= 0.3 is 0 Å². The van der Waals surface area contributed by atoms with Crippen molar-refractivity contribution in [2.75, 3.05) is 26.2 Å². The molecule has 0 bridgehead atoms. The molecule has 1 fully saturated rings. The summed E-state index contributed by atoms with van der Waals surface area (Å²) in [5.74, 6) is 0. The van der Waals surface area contributed by atoms with Gasteiger partial charge in [0.15, 0.2) is 0 Å². The highest BCUT2D eigenvalue weighted by molar-refractivity contribution is 5.84. The third-order valence-electron chi connectivity index (χ3n) is 4.74. The van der Waals surface area contributed by atoms with E-state index in [4.69, 9.17) is 0 Å². The number of para-hydroxylation sites is 1. The zero-order valence-corrected chi connectivity index (χ0v) is 11.3. The van der Waals surface area contributed by atoms with Gasteiger partial charge in [-0.05, 0) is 30.9 Å². The van der Waals surface area contributed by atoms with Crippen molar-refractivity contribution in [2.24, 2.45) is 0 Å². The fourth-order valence-corrected chi connectivity index (χ4v) is 3.71. The van der Waals surface area contributed by atoms with Gasteiger partial charge in [-0.3, -0.25) is 4.90 Å². The second kappa shape index (κ2) is 4.66. The fourth-order valence-electron chi connectivity index (χ4n) is 3.71. The van der Waals surface area contributed by atoms with Crippen molar-refractivity contribution < 1.29 is 0 Å². The number of benzene rings is 1. The number of hydrogen-bond acceptors (Lipinski definition) is 2. The van der Waals surface area contributed by atoms with Crippen LogP contribution in [0.5, 0.6) is 0 Å². The Morgan fingerprint density at radius 2 is 1.95 bits per heavy atom. The minimum absolute atomic E-state index is 0.744. The summed E-state index contributed by atoms with van der Waals surface area (Å²) in [4.78, 5) is 6.29. The molecule has 1 unspecified atom stereocenters. The van der Waals surface area contributed by atoms with E-state index in [0.29, 0.717) is 0 Å². The zero-order chi connectivity index (χ0) is 12.7. The Bertz CT molecular complexity index is 581. The highest BCUT2D eigenvalue weighted by atomic mass is 15.2. The second-order valence-corrected chi connectivity index (χ2v) is 5.81. The molecule has 1 atom stereocenters. The average Bonchev–Trinajstić information content (AvgIpc) is 2.86. The van der Waals surface area contributed by atoms with Gasteiger partial charge in [-0.2, -0.15) is 0 Å². The molecule has 0 amide bonds. The quantitative estimate of drug-likeness (QED) is 0.816. The molecule has 0 radical (unpaired) electrons. The van der Waals surface area contributed by atoms with E-state index >= 15 is 0 Å². The Morgan fingerprint density at radius 3 is 2.84 bits per heavy atom. The predicted molar refractivity (Wildman–Crippen MR) is 78.6 cm³/mol. The van der Waals surface area contributed by atoms with Crippen LogP contribution in [0.4, 0.5) is 0 Å². The normalized spacial score (nSPS) is 24.5. The van der Waals surface area contributed by atoms with Crippen LogP contribution in [0.2, 0.25) is 0 Å². The van der Waals surface area contributed by atoms with Gasteiger partial charge in [0.2, 0.25) is 0 Å². The molecule has 1 aromatic carbocycles. The molecule has 1 aliphatic carbocycles.